The van der Waals surface area contributed by atoms with E-state index in [2.05, 4.69) is 34.6 Å². The van der Waals surface area contributed by atoms with E-state index in [0.717, 1.165) is 42.8 Å². The second-order valence-corrected chi connectivity index (χ2v) is 6.61. The van der Waals surface area contributed by atoms with Crippen LogP contribution in [0.4, 0.5) is 5.69 Å². The van der Waals surface area contributed by atoms with Gasteiger partial charge < -0.3 is 15.2 Å². The number of nitrogens with one attached hydrogen (secondary N) is 2. The molecule has 9 heteroatoms. The molecule has 0 fully saturated rings. The van der Waals surface area contributed by atoms with Crippen LogP contribution >= 0.6 is 24.0 Å². The third-order valence-electron chi connectivity index (χ3n) is 4.15. The van der Waals surface area contributed by atoms with Crippen LogP contribution in [-0.2, 0) is 13.0 Å². The molecule has 1 heterocycles. The summed E-state index contributed by atoms with van der Waals surface area (Å²) >= 11 is 0. The van der Waals surface area contributed by atoms with Crippen LogP contribution in [-0.4, -0.2) is 29.6 Å². The maximum absolute atomic E-state index is 10.6. The molecule has 2 rings (SSSR count). The highest BCUT2D eigenvalue weighted by atomic mass is 127. The first-order valence-electron chi connectivity index (χ1n) is 9.13. The smallest absolute Gasteiger partial charge is 0.269 e. The zero-order valence-corrected chi connectivity index (χ0v) is 18.8. The minimum atomic E-state index is -0.380. The number of hydrogen-bond acceptors (Lipinski definition) is 5. The summed E-state index contributed by atoms with van der Waals surface area (Å²) in [5.74, 6) is 1.84. The lowest BCUT2D eigenvalue weighted by Crippen LogP contribution is -2.37. The van der Waals surface area contributed by atoms with Gasteiger partial charge in [-0.05, 0) is 30.7 Å². The normalized spacial score (nSPS) is 11.2. The van der Waals surface area contributed by atoms with E-state index in [1.807, 2.05) is 18.2 Å². The van der Waals surface area contributed by atoms with Gasteiger partial charge in [0, 0.05) is 31.8 Å². The van der Waals surface area contributed by atoms with Gasteiger partial charge in [0.1, 0.15) is 0 Å². The monoisotopic (exact) mass is 501 g/mol. The number of nitro groups is 1. The summed E-state index contributed by atoms with van der Waals surface area (Å²) in [4.78, 5) is 14.5. The third-order valence-corrected chi connectivity index (χ3v) is 4.15. The number of aliphatic imine (C=N–C) groups is 1. The second-order valence-electron chi connectivity index (χ2n) is 6.61. The summed E-state index contributed by atoms with van der Waals surface area (Å²) in [6, 6.07) is 8.68. The van der Waals surface area contributed by atoms with Gasteiger partial charge in [-0.25, -0.2) is 0 Å². The van der Waals surface area contributed by atoms with E-state index in [1.54, 1.807) is 19.2 Å². The van der Waals surface area contributed by atoms with Crippen LogP contribution in [0.5, 0.6) is 0 Å². The molecule has 0 aliphatic rings. The number of unbranched alkanes of at least 4 members (excludes halogenated alkanes) is 1. The average Bonchev–Trinajstić information content (AvgIpc) is 3.13. The molecule has 0 aliphatic heterocycles. The van der Waals surface area contributed by atoms with Crippen molar-refractivity contribution in [3.63, 3.8) is 0 Å². The number of rotatable bonds is 9. The van der Waals surface area contributed by atoms with E-state index >= 15 is 0 Å². The van der Waals surface area contributed by atoms with Crippen molar-refractivity contribution in [1.82, 2.24) is 15.8 Å². The molecule has 1 aromatic carbocycles. The summed E-state index contributed by atoms with van der Waals surface area (Å²) < 4.78 is 5.30. The molecule has 0 bridgehead atoms. The fourth-order valence-electron chi connectivity index (χ4n) is 2.52. The molecule has 0 aliphatic carbocycles. The van der Waals surface area contributed by atoms with Gasteiger partial charge in [0.15, 0.2) is 11.7 Å². The van der Waals surface area contributed by atoms with Gasteiger partial charge in [-0.1, -0.05) is 31.1 Å². The van der Waals surface area contributed by atoms with Crippen molar-refractivity contribution in [2.45, 2.75) is 45.6 Å². The van der Waals surface area contributed by atoms with Crippen LogP contribution in [0.2, 0.25) is 0 Å². The highest BCUT2D eigenvalue weighted by Gasteiger charge is 2.08. The van der Waals surface area contributed by atoms with Crippen LogP contribution < -0.4 is 10.6 Å². The number of aryl methyl sites for hydroxylation is 1. The number of aromatic nitrogens is 1. The minimum Gasteiger partial charge on any atom is -0.359 e. The molecule has 28 heavy (non-hydrogen) atoms. The Morgan fingerprint density at radius 1 is 1.25 bits per heavy atom. The highest BCUT2D eigenvalue weighted by molar-refractivity contribution is 14.0. The number of hydrogen-bond donors (Lipinski definition) is 2. The zero-order valence-electron chi connectivity index (χ0n) is 16.5. The summed E-state index contributed by atoms with van der Waals surface area (Å²) in [7, 11) is 1.73. The molecule has 2 N–H and O–H groups in total. The molecule has 0 atom stereocenters. The van der Waals surface area contributed by atoms with Gasteiger partial charge in [0.25, 0.3) is 5.69 Å². The number of nitro benzene ring substituents is 1. The Bertz CT molecular complexity index is 759. The molecule has 0 unspecified atom stereocenters. The van der Waals surface area contributed by atoms with Gasteiger partial charge in [0.05, 0.1) is 17.2 Å². The first kappa shape index (κ1) is 23.9. The van der Waals surface area contributed by atoms with Crippen molar-refractivity contribution >= 4 is 35.6 Å². The van der Waals surface area contributed by atoms with E-state index in [-0.39, 0.29) is 34.6 Å². The van der Waals surface area contributed by atoms with Gasteiger partial charge in [-0.2, -0.15) is 0 Å². The molecule has 0 saturated heterocycles. The predicted octanol–water partition coefficient (Wildman–Crippen LogP) is 4.01. The van der Waals surface area contributed by atoms with Gasteiger partial charge in [-0.15, -0.1) is 24.0 Å². The van der Waals surface area contributed by atoms with Crippen LogP contribution in [0.15, 0.2) is 39.8 Å². The molecule has 0 radical (unpaired) electrons. The summed E-state index contributed by atoms with van der Waals surface area (Å²) in [6.07, 6.45) is 2.85. The number of nitrogens with zero attached hydrogens (tertiary/aromatic N) is 3. The topological polar surface area (TPSA) is 106 Å². The largest absolute Gasteiger partial charge is 0.359 e. The van der Waals surface area contributed by atoms with Crippen LogP contribution in [0.1, 0.15) is 49.6 Å². The van der Waals surface area contributed by atoms with E-state index in [0.29, 0.717) is 18.4 Å². The summed E-state index contributed by atoms with van der Waals surface area (Å²) in [6.45, 7) is 5.47. The Balaban J connectivity index is 0.00000392. The second kappa shape index (κ2) is 12.3. The molecule has 154 valence electrons. The Hall–Kier alpha value is -2.17. The Morgan fingerprint density at radius 3 is 2.54 bits per heavy atom. The van der Waals surface area contributed by atoms with Crippen molar-refractivity contribution in [3.05, 3.63) is 57.5 Å². The Kier molecular flexibility index (Phi) is 10.5. The lowest BCUT2D eigenvalue weighted by molar-refractivity contribution is -0.384. The predicted molar refractivity (Wildman–Crippen MR) is 120 cm³/mol. The number of benzene rings is 1. The van der Waals surface area contributed by atoms with Gasteiger partial charge in [-0.3, -0.25) is 15.1 Å². The van der Waals surface area contributed by atoms with Crippen molar-refractivity contribution < 1.29 is 9.45 Å². The standard InChI is InChI=1S/C19H27N5O3.HI/c1-14(2)18-12-17(27-23-18)13-22-19(20-3)21-11-5-4-6-15-7-9-16(10-8-15)24(25)26;/h7-10,12,14H,4-6,11,13H2,1-3H3,(H2,20,21,22);1H. The average molecular weight is 501 g/mol. The molecular formula is C19H28IN5O3. The van der Waals surface area contributed by atoms with Gasteiger partial charge >= 0.3 is 0 Å². The Labute approximate surface area is 182 Å². The quantitative estimate of drug-likeness (QED) is 0.134. The number of non-ortho nitro benzene ring substituents is 1. The van der Waals surface area contributed by atoms with Crippen molar-refractivity contribution in [2.24, 2.45) is 4.99 Å². The van der Waals surface area contributed by atoms with E-state index < -0.39 is 0 Å². The lowest BCUT2D eigenvalue weighted by Gasteiger charge is -2.10. The maximum Gasteiger partial charge on any atom is 0.269 e. The first-order chi connectivity index (χ1) is 13.0. The lowest BCUT2D eigenvalue weighted by atomic mass is 10.1. The van der Waals surface area contributed by atoms with Crippen LogP contribution in [0.25, 0.3) is 0 Å². The minimum absolute atomic E-state index is 0. The van der Waals surface area contributed by atoms with Crippen LogP contribution in [0.3, 0.4) is 0 Å². The Morgan fingerprint density at radius 2 is 1.96 bits per heavy atom. The SMILES string of the molecule is CN=C(NCCCCc1ccc([N+](=O)[O-])cc1)NCc1cc(C(C)C)no1.I. The number of halogens is 1. The van der Waals surface area contributed by atoms with Gasteiger partial charge in [0.2, 0.25) is 0 Å². The van der Waals surface area contributed by atoms with E-state index in [4.69, 9.17) is 4.52 Å². The number of guanidine groups is 1. The van der Waals surface area contributed by atoms with Crippen LogP contribution in [0, 0.1) is 10.1 Å². The first-order valence-corrected chi connectivity index (χ1v) is 9.13. The summed E-state index contributed by atoms with van der Waals surface area (Å²) in [5, 5.41) is 21.2. The fraction of sp³-hybridized carbons (Fsp3) is 0.474. The van der Waals surface area contributed by atoms with Crippen molar-refractivity contribution in [2.75, 3.05) is 13.6 Å². The van der Waals surface area contributed by atoms with E-state index in [1.165, 1.54) is 0 Å². The highest BCUT2D eigenvalue weighted by Crippen LogP contribution is 2.14. The molecule has 8 nitrogen and oxygen atoms in total. The maximum atomic E-state index is 10.6. The summed E-state index contributed by atoms with van der Waals surface area (Å²) in [5.41, 5.74) is 2.18. The fourth-order valence-corrected chi connectivity index (χ4v) is 2.52. The van der Waals surface area contributed by atoms with Crippen molar-refractivity contribution in [3.8, 4) is 0 Å². The molecule has 2 aromatic rings. The zero-order chi connectivity index (χ0) is 19.6. The molecular weight excluding hydrogens is 473 g/mol. The van der Waals surface area contributed by atoms with Crippen molar-refractivity contribution in [1.29, 1.82) is 0 Å². The molecule has 0 saturated carbocycles. The molecule has 1 aromatic heterocycles. The van der Waals surface area contributed by atoms with E-state index in [9.17, 15) is 10.1 Å². The molecule has 0 amide bonds. The third kappa shape index (κ3) is 7.83. The molecule has 0 spiro atoms.